The first kappa shape index (κ1) is 18.7. The first-order chi connectivity index (χ1) is 8.86. The molecule has 2 heteroatoms. The quantitative estimate of drug-likeness (QED) is 0.823. The summed E-state index contributed by atoms with van der Waals surface area (Å²) in [6, 6.07) is 9.49. The lowest BCUT2D eigenvalue weighted by Crippen LogP contribution is -2.29. The molecule has 1 aliphatic rings. The van der Waals surface area contributed by atoms with Gasteiger partial charge in [0.05, 0.1) is 0 Å². The lowest BCUT2D eigenvalue weighted by Gasteiger charge is -2.20. The third-order valence-corrected chi connectivity index (χ3v) is 3.81. The molecular formula is C18H31NO. The van der Waals surface area contributed by atoms with Crippen LogP contribution in [0.15, 0.2) is 30.3 Å². The summed E-state index contributed by atoms with van der Waals surface area (Å²) in [5.41, 5.74) is 0.767. The molecule has 0 atom stereocenters. The van der Waals surface area contributed by atoms with Crippen LogP contribution in [0.3, 0.4) is 0 Å². The number of rotatable bonds is 3. The van der Waals surface area contributed by atoms with Gasteiger partial charge in [-0.15, -0.1) is 0 Å². The summed E-state index contributed by atoms with van der Waals surface area (Å²) in [6.07, 6.45) is 9.32. The van der Waals surface area contributed by atoms with Gasteiger partial charge in [-0.05, 0) is 30.9 Å². The van der Waals surface area contributed by atoms with Crippen LogP contribution in [0.5, 0.6) is 0 Å². The Labute approximate surface area is 125 Å². The highest BCUT2D eigenvalue weighted by atomic mass is 16.1. The fourth-order valence-electron chi connectivity index (χ4n) is 2.67. The van der Waals surface area contributed by atoms with Gasteiger partial charge in [0.2, 0.25) is 0 Å². The Morgan fingerprint density at radius 3 is 2.10 bits per heavy atom. The highest BCUT2D eigenvalue weighted by molar-refractivity contribution is 5.94. The molecule has 0 saturated heterocycles. The first-order valence-corrected chi connectivity index (χ1v) is 7.19. The largest absolute Gasteiger partial charge is 0.352 e. The molecular weight excluding hydrogens is 246 g/mol. The smallest absolute Gasteiger partial charge is 0.251 e. The van der Waals surface area contributed by atoms with E-state index in [0.717, 1.165) is 12.1 Å². The van der Waals surface area contributed by atoms with Crippen molar-refractivity contribution in [1.82, 2.24) is 5.32 Å². The van der Waals surface area contributed by atoms with Gasteiger partial charge in [0.15, 0.2) is 0 Å². The fourth-order valence-corrected chi connectivity index (χ4v) is 2.67. The summed E-state index contributed by atoms with van der Waals surface area (Å²) in [7, 11) is 0. The van der Waals surface area contributed by atoms with E-state index in [1.165, 1.54) is 44.9 Å². The van der Waals surface area contributed by atoms with Crippen molar-refractivity contribution in [1.29, 1.82) is 0 Å². The Bertz CT molecular complexity index is 353. The molecule has 1 aliphatic carbocycles. The number of hydrogen-bond acceptors (Lipinski definition) is 1. The first-order valence-electron chi connectivity index (χ1n) is 7.19. The van der Waals surface area contributed by atoms with Gasteiger partial charge < -0.3 is 5.32 Å². The van der Waals surface area contributed by atoms with E-state index in [0.29, 0.717) is 5.92 Å². The molecule has 1 amide bonds. The van der Waals surface area contributed by atoms with Gasteiger partial charge in [-0.25, -0.2) is 0 Å². The number of carbonyl (C=O) groups is 1. The second-order valence-corrected chi connectivity index (χ2v) is 5.29. The molecule has 1 saturated carbocycles. The molecule has 1 N–H and O–H groups in total. The van der Waals surface area contributed by atoms with Crippen LogP contribution >= 0.6 is 0 Å². The Balaban J connectivity index is 0.00000180. The van der Waals surface area contributed by atoms with Gasteiger partial charge in [-0.2, -0.15) is 0 Å². The van der Waals surface area contributed by atoms with E-state index in [1.807, 2.05) is 30.3 Å². The van der Waals surface area contributed by atoms with E-state index in [1.54, 1.807) is 0 Å². The summed E-state index contributed by atoms with van der Waals surface area (Å²) in [6.45, 7) is 0.841. The van der Waals surface area contributed by atoms with E-state index < -0.39 is 0 Å². The van der Waals surface area contributed by atoms with Gasteiger partial charge in [-0.1, -0.05) is 65.2 Å². The predicted molar refractivity (Wildman–Crippen MR) is 88.0 cm³/mol. The lowest BCUT2D eigenvalue weighted by atomic mass is 9.91. The van der Waals surface area contributed by atoms with Crippen LogP contribution in [-0.4, -0.2) is 12.5 Å². The summed E-state index contributed by atoms with van der Waals surface area (Å²) < 4.78 is 0. The minimum Gasteiger partial charge on any atom is -0.352 e. The molecule has 0 radical (unpaired) electrons. The maximum absolute atomic E-state index is 11.9. The Morgan fingerprint density at radius 2 is 1.50 bits per heavy atom. The van der Waals surface area contributed by atoms with E-state index in [9.17, 15) is 4.79 Å². The topological polar surface area (TPSA) is 29.1 Å². The lowest BCUT2D eigenvalue weighted by molar-refractivity contribution is 0.0944. The second kappa shape index (κ2) is 10.5. The molecule has 0 unspecified atom stereocenters. The van der Waals surface area contributed by atoms with Crippen LogP contribution in [0.1, 0.15) is 70.2 Å². The summed E-state index contributed by atoms with van der Waals surface area (Å²) >= 11 is 0. The van der Waals surface area contributed by atoms with E-state index in [-0.39, 0.29) is 20.8 Å². The molecule has 0 aliphatic heterocycles. The number of hydrogen-bond donors (Lipinski definition) is 1. The maximum atomic E-state index is 11.9. The number of nitrogens with one attached hydrogen (secondary N) is 1. The average molecular weight is 277 g/mol. The fraction of sp³-hybridized carbons (Fsp3) is 0.611. The SMILES string of the molecule is C.C.O=C(NCC1CCCCCCC1)c1ccccc1. The van der Waals surface area contributed by atoms with Crippen molar-refractivity contribution in [3.05, 3.63) is 35.9 Å². The summed E-state index contributed by atoms with van der Waals surface area (Å²) in [5.74, 6) is 0.746. The van der Waals surface area contributed by atoms with E-state index in [2.05, 4.69) is 5.32 Å². The average Bonchev–Trinajstić information content (AvgIpc) is 2.38. The Morgan fingerprint density at radius 1 is 0.950 bits per heavy atom. The van der Waals surface area contributed by atoms with Crippen molar-refractivity contribution in [2.75, 3.05) is 6.54 Å². The number of benzene rings is 1. The second-order valence-electron chi connectivity index (χ2n) is 5.29. The molecule has 1 aromatic carbocycles. The van der Waals surface area contributed by atoms with Gasteiger partial charge in [0.1, 0.15) is 0 Å². The monoisotopic (exact) mass is 277 g/mol. The molecule has 2 rings (SSSR count). The van der Waals surface area contributed by atoms with Crippen molar-refractivity contribution in [3.63, 3.8) is 0 Å². The van der Waals surface area contributed by atoms with Gasteiger partial charge in [0.25, 0.3) is 5.91 Å². The van der Waals surface area contributed by atoms with Gasteiger partial charge in [-0.3, -0.25) is 4.79 Å². The van der Waals surface area contributed by atoms with Gasteiger partial charge in [0, 0.05) is 12.1 Å². The van der Waals surface area contributed by atoms with Crippen molar-refractivity contribution < 1.29 is 4.79 Å². The maximum Gasteiger partial charge on any atom is 0.251 e. The molecule has 0 heterocycles. The Hall–Kier alpha value is -1.31. The van der Waals surface area contributed by atoms with Crippen molar-refractivity contribution in [2.24, 2.45) is 5.92 Å². The van der Waals surface area contributed by atoms with Crippen LogP contribution in [0.25, 0.3) is 0 Å². The normalized spacial score (nSPS) is 16.0. The number of carbonyl (C=O) groups excluding carboxylic acids is 1. The minimum atomic E-state index is 0. The standard InChI is InChI=1S/C16H23NO.2CH4/c18-16(15-11-7-4-8-12-15)17-13-14-9-5-2-1-3-6-10-14;;/h4,7-8,11-12,14H,1-3,5-6,9-10,13H2,(H,17,18);2*1H4. The van der Waals surface area contributed by atoms with Crippen molar-refractivity contribution >= 4 is 5.91 Å². The highest BCUT2D eigenvalue weighted by Crippen LogP contribution is 2.21. The van der Waals surface area contributed by atoms with E-state index in [4.69, 9.17) is 0 Å². The van der Waals surface area contributed by atoms with Crippen LogP contribution in [0.2, 0.25) is 0 Å². The van der Waals surface area contributed by atoms with Crippen molar-refractivity contribution in [3.8, 4) is 0 Å². The third kappa shape index (κ3) is 6.23. The molecule has 1 aromatic rings. The van der Waals surface area contributed by atoms with Crippen LogP contribution in [-0.2, 0) is 0 Å². The van der Waals surface area contributed by atoms with Crippen LogP contribution in [0, 0.1) is 5.92 Å². The molecule has 0 bridgehead atoms. The zero-order valence-electron chi connectivity index (χ0n) is 11.0. The predicted octanol–water partition coefficient (Wildman–Crippen LogP) is 5.05. The van der Waals surface area contributed by atoms with Crippen LogP contribution < -0.4 is 5.32 Å². The molecule has 0 aromatic heterocycles. The minimum absolute atomic E-state index is 0. The molecule has 0 spiro atoms. The van der Waals surface area contributed by atoms with Crippen LogP contribution in [0.4, 0.5) is 0 Å². The third-order valence-electron chi connectivity index (χ3n) is 3.81. The zero-order valence-corrected chi connectivity index (χ0v) is 11.0. The van der Waals surface area contributed by atoms with Crippen molar-refractivity contribution in [2.45, 2.75) is 59.8 Å². The summed E-state index contributed by atoms with van der Waals surface area (Å²) in [4.78, 5) is 11.9. The Kier molecular flexibility index (Phi) is 9.79. The molecule has 114 valence electrons. The highest BCUT2D eigenvalue weighted by Gasteiger charge is 2.13. The number of amides is 1. The molecule has 2 nitrogen and oxygen atoms in total. The molecule has 1 fully saturated rings. The zero-order chi connectivity index (χ0) is 12.6. The summed E-state index contributed by atoms with van der Waals surface area (Å²) in [5, 5.41) is 3.08. The molecule has 20 heavy (non-hydrogen) atoms. The van der Waals surface area contributed by atoms with E-state index >= 15 is 0 Å². The van der Waals surface area contributed by atoms with Gasteiger partial charge >= 0.3 is 0 Å².